The van der Waals surface area contributed by atoms with E-state index in [1.807, 2.05) is 56.4 Å². The van der Waals surface area contributed by atoms with Crippen LogP contribution in [0.4, 0.5) is 11.4 Å². The van der Waals surface area contributed by atoms with Gasteiger partial charge in [-0.15, -0.1) is 0 Å². The number of nitrogens with one attached hydrogen (secondary N) is 2. The second kappa shape index (κ2) is 14.8. The summed E-state index contributed by atoms with van der Waals surface area (Å²) in [5.74, 6) is 0.523. The molecule has 228 valence electrons. The van der Waals surface area contributed by atoms with E-state index in [9.17, 15) is 19.6 Å². The lowest BCUT2D eigenvalue weighted by atomic mass is 10.0. The van der Waals surface area contributed by atoms with Crippen molar-refractivity contribution in [3.8, 4) is 11.8 Å². The Bertz CT molecular complexity index is 1390. The van der Waals surface area contributed by atoms with Crippen molar-refractivity contribution in [3.63, 3.8) is 0 Å². The van der Waals surface area contributed by atoms with Gasteiger partial charge in [-0.25, -0.2) is 5.01 Å². The molecule has 0 radical (unpaired) electrons. The number of amides is 1. The maximum absolute atomic E-state index is 12.4. The number of carbonyl (C=O) groups excluding carboxylic acids is 3. The number of hydrogen-bond donors (Lipinski definition) is 2. The first-order valence-corrected chi connectivity index (χ1v) is 14.5. The second-order valence-electron chi connectivity index (χ2n) is 11.1. The molecule has 0 aliphatic carbocycles. The zero-order chi connectivity index (χ0) is 30.9. The van der Waals surface area contributed by atoms with Crippen LogP contribution in [-0.4, -0.2) is 99.8 Å². The molecular weight excluding hydrogens is 546 g/mol. The van der Waals surface area contributed by atoms with Gasteiger partial charge in [0.2, 0.25) is 5.91 Å². The van der Waals surface area contributed by atoms with Crippen molar-refractivity contribution >= 4 is 29.9 Å². The molecule has 1 fully saturated rings. The van der Waals surface area contributed by atoms with Gasteiger partial charge in [-0.1, -0.05) is 0 Å². The Kier molecular flexibility index (Phi) is 10.9. The van der Waals surface area contributed by atoms with E-state index in [2.05, 4.69) is 37.8 Å². The lowest BCUT2D eigenvalue weighted by molar-refractivity contribution is -0.126. The zero-order valence-corrected chi connectivity index (χ0v) is 25.4. The number of aldehydes is 2. The van der Waals surface area contributed by atoms with Gasteiger partial charge in [0, 0.05) is 77.7 Å². The van der Waals surface area contributed by atoms with Crippen molar-refractivity contribution < 1.29 is 19.1 Å². The number of rotatable bonds is 14. The number of benzene rings is 2. The number of hydrogen-bond acceptors (Lipinski definition) is 10. The van der Waals surface area contributed by atoms with E-state index in [0.717, 1.165) is 62.1 Å². The fraction of sp³-hybridized carbons (Fsp3) is 0.438. The van der Waals surface area contributed by atoms with E-state index in [0.29, 0.717) is 29.8 Å². The van der Waals surface area contributed by atoms with Crippen molar-refractivity contribution in [3.05, 3.63) is 64.9 Å². The van der Waals surface area contributed by atoms with Crippen molar-refractivity contribution in [2.24, 2.45) is 0 Å². The molecule has 2 atom stereocenters. The molecule has 0 bridgehead atoms. The fourth-order valence-corrected chi connectivity index (χ4v) is 5.74. The Morgan fingerprint density at radius 1 is 1.23 bits per heavy atom. The molecule has 2 aromatic rings. The number of hydrazine groups is 1. The zero-order valence-electron chi connectivity index (χ0n) is 25.4. The summed E-state index contributed by atoms with van der Waals surface area (Å²) < 4.78 is 6.37. The molecule has 2 aliphatic rings. The van der Waals surface area contributed by atoms with Gasteiger partial charge >= 0.3 is 0 Å². The molecule has 2 N–H and O–H groups in total. The minimum absolute atomic E-state index is 0.0141. The summed E-state index contributed by atoms with van der Waals surface area (Å²) in [5.41, 5.74) is 5.03. The average Bonchev–Trinajstić information content (AvgIpc) is 3.61. The molecule has 2 heterocycles. The quantitative estimate of drug-likeness (QED) is 0.319. The maximum atomic E-state index is 12.4. The number of ether oxygens (including phenoxy) is 1. The molecule has 2 aromatic carbocycles. The van der Waals surface area contributed by atoms with Gasteiger partial charge in [0.15, 0.2) is 0 Å². The predicted molar refractivity (Wildman–Crippen MR) is 166 cm³/mol. The van der Waals surface area contributed by atoms with E-state index >= 15 is 0 Å². The molecule has 11 nitrogen and oxygen atoms in total. The smallest absolute Gasteiger partial charge is 0.237 e. The van der Waals surface area contributed by atoms with E-state index in [-0.39, 0.29) is 18.4 Å². The standard InChI is InChI=1S/C32H41N7O4/c1-34-27-12-23(16-33)13-28(15-27)39-19-24(17-37(39)4)18-38-10-9-30(21-38)43-29-8-7-25(22-41)26(14-29)20-36(3)31(6-5-11-40)32(42)35-2/h7-8,11-15,19,22,30-31,34H,5-6,9-10,17-18,20-21H2,1-4H3,(H,35,42)/t30-,31?/m0/s1. The highest BCUT2D eigenvalue weighted by Crippen LogP contribution is 2.29. The summed E-state index contributed by atoms with van der Waals surface area (Å²) in [6.45, 7) is 3.67. The largest absolute Gasteiger partial charge is 0.489 e. The molecule has 1 unspecified atom stereocenters. The molecule has 1 amide bonds. The highest BCUT2D eigenvalue weighted by molar-refractivity contribution is 5.82. The van der Waals surface area contributed by atoms with Crippen molar-refractivity contribution in [2.45, 2.75) is 38.0 Å². The highest BCUT2D eigenvalue weighted by atomic mass is 16.5. The van der Waals surface area contributed by atoms with Crippen LogP contribution >= 0.6 is 0 Å². The first-order chi connectivity index (χ1) is 20.8. The second-order valence-corrected chi connectivity index (χ2v) is 11.1. The normalized spacial score (nSPS) is 17.8. The van der Waals surface area contributed by atoms with Gasteiger partial charge < -0.3 is 20.2 Å². The summed E-state index contributed by atoms with van der Waals surface area (Å²) in [7, 11) is 7.27. The average molecular weight is 588 g/mol. The van der Waals surface area contributed by atoms with Gasteiger partial charge in [-0.3, -0.25) is 24.4 Å². The van der Waals surface area contributed by atoms with Gasteiger partial charge in [-0.2, -0.15) is 5.26 Å². The minimum atomic E-state index is -0.483. The maximum Gasteiger partial charge on any atom is 0.237 e. The van der Waals surface area contributed by atoms with Gasteiger partial charge in [0.1, 0.15) is 24.4 Å². The Balaban J connectivity index is 1.38. The number of likely N-dealkylation sites (N-methyl/N-ethyl adjacent to an activating group) is 3. The fourth-order valence-electron chi connectivity index (χ4n) is 5.74. The molecular formula is C32H41N7O4. The van der Waals surface area contributed by atoms with Gasteiger partial charge in [-0.05, 0) is 67.4 Å². The molecule has 0 saturated carbocycles. The minimum Gasteiger partial charge on any atom is -0.489 e. The topological polar surface area (TPSA) is 121 Å². The monoisotopic (exact) mass is 587 g/mol. The summed E-state index contributed by atoms with van der Waals surface area (Å²) in [4.78, 5) is 39.4. The number of nitrogens with zero attached hydrogens (tertiary/aromatic N) is 5. The van der Waals surface area contributed by atoms with Gasteiger partial charge in [0.25, 0.3) is 0 Å². The first kappa shape index (κ1) is 31.7. The van der Waals surface area contributed by atoms with E-state index < -0.39 is 6.04 Å². The molecule has 1 saturated heterocycles. The molecule has 4 rings (SSSR count). The van der Waals surface area contributed by atoms with Crippen LogP contribution in [0.1, 0.15) is 40.7 Å². The van der Waals surface area contributed by atoms with Crippen LogP contribution in [0.15, 0.2) is 48.2 Å². The third-order valence-corrected chi connectivity index (χ3v) is 7.96. The molecule has 0 spiro atoms. The molecule has 2 aliphatic heterocycles. The van der Waals surface area contributed by atoms with Crippen LogP contribution < -0.4 is 20.4 Å². The molecule has 11 heteroatoms. The number of nitriles is 1. The predicted octanol–water partition coefficient (Wildman–Crippen LogP) is 2.64. The van der Waals surface area contributed by atoms with E-state index in [1.165, 1.54) is 5.57 Å². The van der Waals surface area contributed by atoms with Crippen molar-refractivity contribution in [1.29, 1.82) is 5.26 Å². The van der Waals surface area contributed by atoms with Crippen LogP contribution in [0.25, 0.3) is 0 Å². The Morgan fingerprint density at radius 2 is 2.05 bits per heavy atom. The molecule has 43 heavy (non-hydrogen) atoms. The van der Waals surface area contributed by atoms with Crippen LogP contribution in [0.5, 0.6) is 5.75 Å². The lowest BCUT2D eigenvalue weighted by Crippen LogP contribution is -2.43. The van der Waals surface area contributed by atoms with Crippen LogP contribution in [0.3, 0.4) is 0 Å². The summed E-state index contributed by atoms with van der Waals surface area (Å²) >= 11 is 0. The number of carbonyl (C=O) groups is 3. The first-order valence-electron chi connectivity index (χ1n) is 14.5. The van der Waals surface area contributed by atoms with Crippen molar-refractivity contribution in [1.82, 2.24) is 20.1 Å². The van der Waals surface area contributed by atoms with E-state index in [1.54, 1.807) is 13.1 Å². The third kappa shape index (κ3) is 7.99. The summed E-state index contributed by atoms with van der Waals surface area (Å²) in [5, 5.41) is 19.4. The van der Waals surface area contributed by atoms with Crippen LogP contribution in [0.2, 0.25) is 0 Å². The number of anilines is 2. The van der Waals surface area contributed by atoms with Gasteiger partial charge in [0.05, 0.1) is 23.4 Å². The van der Waals surface area contributed by atoms with Crippen molar-refractivity contribution in [2.75, 3.05) is 64.7 Å². The number of likely N-dealkylation sites (tertiary alicyclic amines) is 1. The Labute approximate surface area is 253 Å². The van der Waals surface area contributed by atoms with Crippen LogP contribution in [0, 0.1) is 11.3 Å². The Hall–Kier alpha value is -4.24. The highest BCUT2D eigenvalue weighted by Gasteiger charge is 2.28. The van der Waals surface area contributed by atoms with E-state index in [4.69, 9.17) is 4.74 Å². The summed E-state index contributed by atoms with van der Waals surface area (Å²) in [6.07, 6.45) is 5.35. The SMILES string of the molecule is CNC(=O)C(CCC=O)N(C)Cc1cc(O[C@H]2CCN(CC3=CN(c4cc(C#N)cc(NC)c4)N(C)C3)C2)ccc1C=O. The summed E-state index contributed by atoms with van der Waals surface area (Å²) in [6, 6.07) is 13.0. The lowest BCUT2D eigenvalue weighted by Gasteiger charge is -2.27. The third-order valence-electron chi connectivity index (χ3n) is 7.96. The molecule has 0 aromatic heterocycles. The Morgan fingerprint density at radius 3 is 2.74 bits per heavy atom. The van der Waals surface area contributed by atoms with Crippen LogP contribution in [-0.2, 0) is 16.1 Å².